The largest absolute Gasteiger partial charge is 0.348 e. The van der Waals surface area contributed by atoms with Crippen LogP contribution < -0.4 is 4.90 Å². The SMILES string of the molecule is FC(F)c1ccc(N2CCc3[nH]cnc3[C@H]2c2cc3ccccn3n2)nn1. The fourth-order valence-electron chi connectivity index (χ4n) is 3.52. The van der Waals surface area contributed by atoms with Crippen LogP contribution in [0.2, 0.25) is 0 Å². The van der Waals surface area contributed by atoms with E-state index in [2.05, 4.69) is 25.3 Å². The van der Waals surface area contributed by atoms with E-state index in [0.29, 0.717) is 12.4 Å². The second-order valence-corrected chi connectivity index (χ2v) is 6.37. The van der Waals surface area contributed by atoms with E-state index in [4.69, 9.17) is 0 Å². The van der Waals surface area contributed by atoms with E-state index in [1.54, 1.807) is 16.9 Å². The van der Waals surface area contributed by atoms with Gasteiger partial charge in [-0.15, -0.1) is 10.2 Å². The molecule has 4 aromatic heterocycles. The number of alkyl halides is 2. The second kappa shape index (κ2) is 6.11. The third-order valence-electron chi connectivity index (χ3n) is 4.78. The fraction of sp³-hybridized carbons (Fsp3) is 0.222. The Balaban J connectivity index is 1.61. The molecular weight excluding hydrogens is 352 g/mol. The number of rotatable bonds is 3. The van der Waals surface area contributed by atoms with Crippen molar-refractivity contribution in [1.82, 2.24) is 29.8 Å². The van der Waals surface area contributed by atoms with Gasteiger partial charge in [-0.05, 0) is 30.3 Å². The number of nitrogens with zero attached hydrogens (tertiary/aromatic N) is 6. The van der Waals surface area contributed by atoms with Crippen molar-refractivity contribution in [3.8, 4) is 0 Å². The Morgan fingerprint density at radius 2 is 2.07 bits per heavy atom. The lowest BCUT2D eigenvalue weighted by atomic mass is 10.00. The number of pyridine rings is 1. The molecule has 0 unspecified atom stereocenters. The topological polar surface area (TPSA) is 75.0 Å². The molecule has 9 heteroatoms. The number of anilines is 1. The third kappa shape index (κ3) is 2.62. The highest BCUT2D eigenvalue weighted by atomic mass is 19.3. The molecule has 5 heterocycles. The van der Waals surface area contributed by atoms with Gasteiger partial charge in [0.15, 0.2) is 5.82 Å². The van der Waals surface area contributed by atoms with Crippen LogP contribution >= 0.6 is 0 Å². The van der Waals surface area contributed by atoms with Crippen LogP contribution in [0.1, 0.15) is 35.2 Å². The van der Waals surface area contributed by atoms with Gasteiger partial charge in [0.25, 0.3) is 6.43 Å². The zero-order chi connectivity index (χ0) is 18.4. The molecule has 1 aliphatic rings. The Bertz CT molecular complexity index is 1050. The van der Waals surface area contributed by atoms with Gasteiger partial charge in [-0.1, -0.05) is 6.07 Å². The van der Waals surface area contributed by atoms with Crippen molar-refractivity contribution in [3.63, 3.8) is 0 Å². The number of aromatic nitrogens is 6. The lowest BCUT2D eigenvalue weighted by Crippen LogP contribution is -2.37. The van der Waals surface area contributed by atoms with Crippen LogP contribution in [0.4, 0.5) is 14.6 Å². The fourth-order valence-corrected chi connectivity index (χ4v) is 3.52. The first-order chi connectivity index (χ1) is 13.2. The average molecular weight is 367 g/mol. The minimum atomic E-state index is -2.64. The third-order valence-corrected chi connectivity index (χ3v) is 4.78. The highest BCUT2D eigenvalue weighted by molar-refractivity contribution is 5.53. The predicted octanol–water partition coefficient (Wildman–Crippen LogP) is 2.94. The van der Waals surface area contributed by atoms with Gasteiger partial charge in [0.05, 0.1) is 23.2 Å². The van der Waals surface area contributed by atoms with Crippen molar-refractivity contribution >= 4 is 11.3 Å². The number of aromatic amines is 1. The monoisotopic (exact) mass is 367 g/mol. The van der Waals surface area contributed by atoms with Crippen LogP contribution in [0, 0.1) is 0 Å². The number of halogens is 2. The summed E-state index contributed by atoms with van der Waals surface area (Å²) in [6.07, 6.45) is 1.66. The van der Waals surface area contributed by atoms with Crippen molar-refractivity contribution in [1.29, 1.82) is 0 Å². The van der Waals surface area contributed by atoms with Gasteiger partial charge in [0.1, 0.15) is 11.7 Å². The first kappa shape index (κ1) is 15.9. The summed E-state index contributed by atoms with van der Waals surface area (Å²) < 4.78 is 27.4. The summed E-state index contributed by atoms with van der Waals surface area (Å²) in [4.78, 5) is 9.68. The van der Waals surface area contributed by atoms with Crippen molar-refractivity contribution < 1.29 is 8.78 Å². The predicted molar refractivity (Wildman–Crippen MR) is 93.7 cm³/mol. The summed E-state index contributed by atoms with van der Waals surface area (Å²) in [5.74, 6) is 0.523. The van der Waals surface area contributed by atoms with E-state index in [1.165, 1.54) is 6.07 Å². The number of hydrogen-bond acceptors (Lipinski definition) is 5. The van der Waals surface area contributed by atoms with Gasteiger partial charge in [-0.2, -0.15) is 5.10 Å². The van der Waals surface area contributed by atoms with E-state index in [9.17, 15) is 8.78 Å². The van der Waals surface area contributed by atoms with E-state index >= 15 is 0 Å². The molecule has 4 aromatic rings. The van der Waals surface area contributed by atoms with E-state index in [-0.39, 0.29) is 11.7 Å². The molecule has 1 atom stereocenters. The molecule has 7 nitrogen and oxygen atoms in total. The molecule has 0 spiro atoms. The van der Waals surface area contributed by atoms with E-state index in [1.807, 2.05) is 35.4 Å². The van der Waals surface area contributed by atoms with E-state index in [0.717, 1.165) is 29.0 Å². The molecule has 0 fully saturated rings. The zero-order valence-corrected chi connectivity index (χ0v) is 14.1. The Hall–Kier alpha value is -3.36. The van der Waals surface area contributed by atoms with Gasteiger partial charge in [0, 0.05) is 24.9 Å². The van der Waals surface area contributed by atoms with Crippen LogP contribution in [-0.2, 0) is 6.42 Å². The molecule has 27 heavy (non-hydrogen) atoms. The molecular formula is C18H15F2N7. The van der Waals surface area contributed by atoms with Gasteiger partial charge in [-0.3, -0.25) is 0 Å². The molecule has 136 valence electrons. The van der Waals surface area contributed by atoms with Gasteiger partial charge in [0.2, 0.25) is 0 Å². The van der Waals surface area contributed by atoms with Crippen LogP contribution in [0.15, 0.2) is 48.9 Å². The molecule has 1 aliphatic heterocycles. The lowest BCUT2D eigenvalue weighted by molar-refractivity contribution is 0.145. The second-order valence-electron chi connectivity index (χ2n) is 6.37. The minimum absolute atomic E-state index is 0.272. The molecule has 0 bridgehead atoms. The maximum atomic E-state index is 12.8. The molecule has 0 radical (unpaired) electrons. The number of fused-ring (bicyclic) bond motifs is 2. The minimum Gasteiger partial charge on any atom is -0.348 e. The average Bonchev–Trinajstić information content (AvgIpc) is 3.33. The van der Waals surface area contributed by atoms with Crippen LogP contribution in [0.3, 0.4) is 0 Å². The summed E-state index contributed by atoms with van der Waals surface area (Å²) in [5, 5.41) is 12.4. The summed E-state index contributed by atoms with van der Waals surface area (Å²) >= 11 is 0. The Morgan fingerprint density at radius 1 is 1.15 bits per heavy atom. The smallest absolute Gasteiger partial charge is 0.282 e. The molecule has 0 aromatic carbocycles. The van der Waals surface area contributed by atoms with Crippen molar-refractivity contribution in [2.75, 3.05) is 11.4 Å². The highest BCUT2D eigenvalue weighted by Gasteiger charge is 2.34. The van der Waals surface area contributed by atoms with Crippen molar-refractivity contribution in [3.05, 3.63) is 71.7 Å². The van der Waals surface area contributed by atoms with Crippen LogP contribution in [0.25, 0.3) is 5.52 Å². The van der Waals surface area contributed by atoms with Crippen molar-refractivity contribution in [2.45, 2.75) is 18.9 Å². The molecule has 0 aliphatic carbocycles. The quantitative estimate of drug-likeness (QED) is 0.603. The maximum Gasteiger partial charge on any atom is 0.282 e. The summed E-state index contributed by atoms with van der Waals surface area (Å²) in [6.45, 7) is 0.649. The lowest BCUT2D eigenvalue weighted by Gasteiger charge is -2.34. The van der Waals surface area contributed by atoms with Crippen LogP contribution in [0.5, 0.6) is 0 Å². The highest BCUT2D eigenvalue weighted by Crippen LogP contribution is 2.35. The molecule has 5 rings (SSSR count). The molecule has 1 N–H and O–H groups in total. The molecule has 0 saturated carbocycles. The Labute approximate surface area is 152 Å². The summed E-state index contributed by atoms with van der Waals surface area (Å²) in [5.41, 5.74) is 3.36. The normalized spacial score (nSPS) is 16.9. The summed E-state index contributed by atoms with van der Waals surface area (Å²) in [6, 6.07) is 10.5. The molecule has 0 saturated heterocycles. The van der Waals surface area contributed by atoms with Gasteiger partial charge in [-0.25, -0.2) is 18.3 Å². The number of hydrogen-bond donors (Lipinski definition) is 1. The zero-order valence-electron chi connectivity index (χ0n) is 14.1. The summed E-state index contributed by atoms with van der Waals surface area (Å²) in [7, 11) is 0. The van der Waals surface area contributed by atoms with Gasteiger partial charge >= 0.3 is 0 Å². The van der Waals surface area contributed by atoms with Crippen molar-refractivity contribution in [2.24, 2.45) is 0 Å². The number of nitrogens with one attached hydrogen (secondary N) is 1. The van der Waals surface area contributed by atoms with E-state index < -0.39 is 6.43 Å². The first-order valence-corrected chi connectivity index (χ1v) is 8.55. The Morgan fingerprint density at radius 3 is 2.85 bits per heavy atom. The number of imidazole rings is 1. The standard InChI is InChI=1S/C18H15F2N7/c19-18(20)13-4-5-15(24-23-13)26-8-6-12-16(22-10-21-12)17(26)14-9-11-3-1-2-7-27(11)25-14/h1-5,7,9-10,17-18H,6,8H2,(H,21,22)/t17-/m1/s1. The number of H-pyrrole nitrogens is 1. The Kier molecular flexibility index (Phi) is 3.59. The molecule has 0 amide bonds. The van der Waals surface area contributed by atoms with Crippen LogP contribution in [-0.4, -0.2) is 36.3 Å². The first-order valence-electron chi connectivity index (χ1n) is 8.55. The maximum absolute atomic E-state index is 12.8. The van der Waals surface area contributed by atoms with Gasteiger partial charge < -0.3 is 9.88 Å².